The number of H-pyrrole nitrogens is 1. The molecule has 6 heteroatoms. The van der Waals surface area contributed by atoms with Crippen LogP contribution in [0.15, 0.2) is 36.4 Å². The van der Waals surface area contributed by atoms with E-state index in [1.165, 1.54) is 12.1 Å². The number of imidazole rings is 1. The number of carbonyl (C=O) groups is 1. The van der Waals surface area contributed by atoms with E-state index in [2.05, 4.69) is 9.97 Å². The Bertz CT molecular complexity index is 827. The SMILES string of the molecule is O=C(O)c1cc(Cl)c2nc(-c3cccc(Cl)c3)[nH]c2c1. The third-order valence-electron chi connectivity index (χ3n) is 2.89. The highest BCUT2D eigenvalue weighted by Crippen LogP contribution is 2.28. The molecular weight excluding hydrogens is 299 g/mol. The summed E-state index contributed by atoms with van der Waals surface area (Å²) in [6.45, 7) is 0. The first kappa shape index (κ1) is 13.0. The van der Waals surface area contributed by atoms with Gasteiger partial charge in [0.05, 0.1) is 16.1 Å². The molecule has 0 atom stereocenters. The molecule has 1 aromatic heterocycles. The first-order valence-electron chi connectivity index (χ1n) is 5.73. The summed E-state index contributed by atoms with van der Waals surface area (Å²) in [7, 11) is 0. The van der Waals surface area contributed by atoms with Crippen molar-refractivity contribution < 1.29 is 9.90 Å². The number of hydrogen-bond donors (Lipinski definition) is 2. The molecule has 0 amide bonds. The van der Waals surface area contributed by atoms with Gasteiger partial charge in [0.1, 0.15) is 11.3 Å². The normalized spacial score (nSPS) is 10.9. The predicted molar refractivity (Wildman–Crippen MR) is 78.5 cm³/mol. The van der Waals surface area contributed by atoms with Gasteiger partial charge in [0.25, 0.3) is 0 Å². The summed E-state index contributed by atoms with van der Waals surface area (Å²) in [5.74, 6) is -0.445. The second-order valence-electron chi connectivity index (χ2n) is 4.26. The number of aromatic nitrogens is 2. The molecule has 0 spiro atoms. The second kappa shape index (κ2) is 4.81. The number of fused-ring (bicyclic) bond motifs is 1. The van der Waals surface area contributed by atoms with E-state index in [0.29, 0.717) is 26.9 Å². The molecule has 3 aromatic rings. The quantitative estimate of drug-likeness (QED) is 0.744. The highest BCUT2D eigenvalue weighted by atomic mass is 35.5. The van der Waals surface area contributed by atoms with Crippen molar-refractivity contribution in [2.75, 3.05) is 0 Å². The highest BCUT2D eigenvalue weighted by molar-refractivity contribution is 6.35. The Morgan fingerprint density at radius 1 is 1.20 bits per heavy atom. The van der Waals surface area contributed by atoms with E-state index in [9.17, 15) is 4.79 Å². The van der Waals surface area contributed by atoms with Gasteiger partial charge in [0, 0.05) is 10.6 Å². The number of nitrogens with one attached hydrogen (secondary N) is 1. The number of halogens is 2. The fourth-order valence-corrected chi connectivity index (χ4v) is 2.42. The van der Waals surface area contributed by atoms with Crippen molar-refractivity contribution in [1.29, 1.82) is 0 Å². The van der Waals surface area contributed by atoms with Crippen LogP contribution in [0.25, 0.3) is 22.4 Å². The molecule has 0 saturated heterocycles. The van der Waals surface area contributed by atoms with E-state index in [-0.39, 0.29) is 5.56 Å². The smallest absolute Gasteiger partial charge is 0.335 e. The van der Waals surface area contributed by atoms with Crippen molar-refractivity contribution in [3.05, 3.63) is 52.0 Å². The number of carboxylic acid groups (broad SMARTS) is 1. The largest absolute Gasteiger partial charge is 0.478 e. The van der Waals surface area contributed by atoms with Crippen LogP contribution in [0.2, 0.25) is 10.0 Å². The van der Waals surface area contributed by atoms with Gasteiger partial charge >= 0.3 is 5.97 Å². The maximum absolute atomic E-state index is 11.0. The first-order valence-corrected chi connectivity index (χ1v) is 6.48. The van der Waals surface area contributed by atoms with Gasteiger partial charge < -0.3 is 10.1 Å². The third kappa shape index (κ3) is 2.24. The van der Waals surface area contributed by atoms with Crippen LogP contribution in [0.4, 0.5) is 0 Å². The molecule has 0 saturated carbocycles. The molecule has 0 aliphatic carbocycles. The van der Waals surface area contributed by atoms with Crippen molar-refractivity contribution in [1.82, 2.24) is 9.97 Å². The molecular formula is C14H8Cl2N2O2. The maximum atomic E-state index is 11.0. The Morgan fingerprint density at radius 2 is 2.00 bits per heavy atom. The molecule has 0 bridgehead atoms. The molecule has 3 rings (SSSR count). The lowest BCUT2D eigenvalue weighted by atomic mass is 10.2. The zero-order chi connectivity index (χ0) is 14.3. The monoisotopic (exact) mass is 306 g/mol. The maximum Gasteiger partial charge on any atom is 0.335 e. The van der Waals surface area contributed by atoms with E-state index in [4.69, 9.17) is 28.3 Å². The Kier molecular flexibility index (Phi) is 3.12. The topological polar surface area (TPSA) is 66.0 Å². The number of aromatic carboxylic acids is 1. The van der Waals surface area contributed by atoms with Crippen LogP contribution in [-0.2, 0) is 0 Å². The summed E-state index contributed by atoms with van der Waals surface area (Å²) in [6, 6.07) is 10.1. The number of nitrogens with zero attached hydrogens (tertiary/aromatic N) is 1. The van der Waals surface area contributed by atoms with Crippen molar-refractivity contribution in [3.63, 3.8) is 0 Å². The minimum absolute atomic E-state index is 0.115. The van der Waals surface area contributed by atoms with Crippen LogP contribution >= 0.6 is 23.2 Å². The summed E-state index contributed by atoms with van der Waals surface area (Å²) in [5.41, 5.74) is 2.03. The second-order valence-corrected chi connectivity index (χ2v) is 5.10. The molecule has 1 heterocycles. The molecule has 20 heavy (non-hydrogen) atoms. The molecule has 0 radical (unpaired) electrons. The minimum atomic E-state index is -1.03. The lowest BCUT2D eigenvalue weighted by Gasteiger charge is -1.96. The summed E-state index contributed by atoms with van der Waals surface area (Å²) in [5, 5.41) is 9.91. The van der Waals surface area contributed by atoms with E-state index in [0.717, 1.165) is 5.56 Å². The first-order chi connectivity index (χ1) is 9.54. The number of rotatable bonds is 2. The summed E-state index contributed by atoms with van der Waals surface area (Å²) >= 11 is 12.0. The Hall–Kier alpha value is -2.04. The number of benzene rings is 2. The van der Waals surface area contributed by atoms with Crippen molar-refractivity contribution in [2.45, 2.75) is 0 Å². The summed E-state index contributed by atoms with van der Waals surface area (Å²) < 4.78 is 0. The summed E-state index contributed by atoms with van der Waals surface area (Å²) in [6.07, 6.45) is 0. The van der Waals surface area contributed by atoms with Gasteiger partial charge in [-0.1, -0.05) is 35.3 Å². The molecule has 100 valence electrons. The highest BCUT2D eigenvalue weighted by Gasteiger charge is 2.12. The van der Waals surface area contributed by atoms with Gasteiger partial charge in [0.15, 0.2) is 0 Å². The number of hydrogen-bond acceptors (Lipinski definition) is 2. The van der Waals surface area contributed by atoms with Gasteiger partial charge in [-0.15, -0.1) is 0 Å². The number of aromatic amines is 1. The molecule has 0 aliphatic heterocycles. The lowest BCUT2D eigenvalue weighted by molar-refractivity contribution is 0.0697. The average molecular weight is 307 g/mol. The van der Waals surface area contributed by atoms with Crippen LogP contribution in [0.5, 0.6) is 0 Å². The van der Waals surface area contributed by atoms with Crippen LogP contribution < -0.4 is 0 Å². The van der Waals surface area contributed by atoms with Gasteiger partial charge in [-0.2, -0.15) is 0 Å². The van der Waals surface area contributed by atoms with Crippen molar-refractivity contribution in [2.24, 2.45) is 0 Å². The van der Waals surface area contributed by atoms with E-state index in [1.54, 1.807) is 12.1 Å². The van der Waals surface area contributed by atoms with Crippen molar-refractivity contribution in [3.8, 4) is 11.4 Å². The van der Waals surface area contributed by atoms with Gasteiger partial charge in [-0.3, -0.25) is 0 Å². The predicted octanol–water partition coefficient (Wildman–Crippen LogP) is 4.23. The summed E-state index contributed by atoms with van der Waals surface area (Å²) in [4.78, 5) is 18.5. The molecule has 2 N–H and O–H groups in total. The van der Waals surface area contributed by atoms with Crippen molar-refractivity contribution >= 4 is 40.2 Å². The third-order valence-corrected chi connectivity index (χ3v) is 3.41. The van der Waals surface area contributed by atoms with Gasteiger partial charge in [-0.25, -0.2) is 9.78 Å². The Labute approximate surface area is 124 Å². The van der Waals surface area contributed by atoms with E-state index in [1.807, 2.05) is 12.1 Å². The fourth-order valence-electron chi connectivity index (χ4n) is 1.97. The Balaban J connectivity index is 2.20. The molecule has 0 aliphatic rings. The van der Waals surface area contributed by atoms with Crippen LogP contribution in [0.3, 0.4) is 0 Å². The Morgan fingerprint density at radius 3 is 2.70 bits per heavy atom. The standard InChI is InChI=1S/C14H8Cl2N2O2/c15-9-3-1-2-7(4-9)13-17-11-6-8(14(19)20)5-10(16)12(11)18-13/h1-6H,(H,17,18)(H,19,20). The van der Waals surface area contributed by atoms with E-state index >= 15 is 0 Å². The molecule has 2 aromatic carbocycles. The average Bonchev–Trinajstić information content (AvgIpc) is 2.83. The fraction of sp³-hybridized carbons (Fsp3) is 0. The van der Waals surface area contributed by atoms with E-state index < -0.39 is 5.97 Å². The minimum Gasteiger partial charge on any atom is -0.478 e. The van der Waals surface area contributed by atoms with Crippen LogP contribution in [0.1, 0.15) is 10.4 Å². The van der Waals surface area contributed by atoms with Gasteiger partial charge in [-0.05, 0) is 24.3 Å². The van der Waals surface area contributed by atoms with Crippen LogP contribution in [-0.4, -0.2) is 21.0 Å². The van der Waals surface area contributed by atoms with Crippen LogP contribution in [0, 0.1) is 0 Å². The number of carboxylic acids is 1. The molecule has 4 nitrogen and oxygen atoms in total. The molecule has 0 fully saturated rings. The molecule has 0 unspecified atom stereocenters. The zero-order valence-corrected chi connectivity index (χ0v) is 11.5. The zero-order valence-electron chi connectivity index (χ0n) is 10.0. The lowest BCUT2D eigenvalue weighted by Crippen LogP contribution is -1.95. The van der Waals surface area contributed by atoms with Gasteiger partial charge in [0.2, 0.25) is 0 Å².